The standard InChI is InChI=1S/C22H18N6O5S2/c23-35(32,33)17-9-6-15(7-10-17)24-22(34)26-25-20-18-12-16(28(30)31)8-11-19(18)27(21(20)29)13-14-4-2-1-3-5-14/h1-12,29H,13H2,(H,24,34)(H2,23,32,33). The molecular formula is C22H18N6O5S2. The molecule has 11 nitrogen and oxygen atoms in total. The van der Waals surface area contributed by atoms with Crippen molar-refractivity contribution in [1.29, 1.82) is 0 Å². The lowest BCUT2D eigenvalue weighted by Crippen LogP contribution is -2.12. The first kappa shape index (κ1) is 23.9. The fourth-order valence-electron chi connectivity index (χ4n) is 3.42. The number of anilines is 1. The summed E-state index contributed by atoms with van der Waals surface area (Å²) in [5.41, 5.74) is 1.73. The van der Waals surface area contributed by atoms with Gasteiger partial charge in [0, 0.05) is 23.2 Å². The quantitative estimate of drug-likeness (QED) is 0.149. The van der Waals surface area contributed by atoms with Crippen LogP contribution in [0.2, 0.25) is 0 Å². The van der Waals surface area contributed by atoms with Gasteiger partial charge in [-0.1, -0.05) is 30.3 Å². The van der Waals surface area contributed by atoms with Crippen molar-refractivity contribution in [2.45, 2.75) is 11.4 Å². The Balaban J connectivity index is 1.66. The Bertz CT molecular complexity index is 1570. The molecule has 0 aliphatic carbocycles. The molecule has 0 unspecified atom stereocenters. The minimum absolute atomic E-state index is 0.0216. The summed E-state index contributed by atoms with van der Waals surface area (Å²) in [5.74, 6) is -0.228. The molecule has 0 saturated carbocycles. The molecule has 0 amide bonds. The van der Waals surface area contributed by atoms with Crippen LogP contribution >= 0.6 is 12.2 Å². The lowest BCUT2D eigenvalue weighted by molar-refractivity contribution is -0.384. The number of hydrogen-bond acceptors (Lipinski definition) is 7. The molecule has 1 aromatic heterocycles. The number of primary sulfonamides is 1. The van der Waals surface area contributed by atoms with Gasteiger partial charge < -0.3 is 15.0 Å². The molecule has 0 atom stereocenters. The molecule has 0 aliphatic rings. The van der Waals surface area contributed by atoms with Crippen LogP contribution in [0.5, 0.6) is 5.88 Å². The van der Waals surface area contributed by atoms with E-state index in [2.05, 4.69) is 15.5 Å². The van der Waals surface area contributed by atoms with E-state index in [-0.39, 0.29) is 27.3 Å². The number of sulfonamides is 1. The highest BCUT2D eigenvalue weighted by Gasteiger charge is 2.20. The van der Waals surface area contributed by atoms with Crippen LogP contribution in [0, 0.1) is 10.1 Å². The average Bonchev–Trinajstić information content (AvgIpc) is 3.08. The molecule has 0 fully saturated rings. The monoisotopic (exact) mass is 510 g/mol. The van der Waals surface area contributed by atoms with E-state index in [1.54, 1.807) is 10.6 Å². The molecule has 0 bridgehead atoms. The molecule has 0 spiro atoms. The van der Waals surface area contributed by atoms with Crippen LogP contribution in [0.4, 0.5) is 17.1 Å². The molecule has 4 N–H and O–H groups in total. The number of nitrogens with one attached hydrogen (secondary N) is 1. The second kappa shape index (κ2) is 9.58. The Morgan fingerprint density at radius 3 is 2.43 bits per heavy atom. The molecule has 0 radical (unpaired) electrons. The predicted octanol–water partition coefficient (Wildman–Crippen LogP) is 4.43. The first-order chi connectivity index (χ1) is 16.6. The Labute approximate surface area is 204 Å². The van der Waals surface area contributed by atoms with E-state index in [4.69, 9.17) is 17.4 Å². The number of thiocarbonyl (C=S) groups is 1. The van der Waals surface area contributed by atoms with Gasteiger partial charge in [-0.2, -0.15) is 0 Å². The molecule has 4 aromatic rings. The smallest absolute Gasteiger partial charge is 0.270 e. The summed E-state index contributed by atoms with van der Waals surface area (Å²) >= 11 is 5.18. The van der Waals surface area contributed by atoms with E-state index in [1.165, 1.54) is 36.4 Å². The number of hydrogen-bond donors (Lipinski definition) is 3. The number of nitrogens with two attached hydrogens (primary N) is 1. The van der Waals surface area contributed by atoms with Gasteiger partial charge >= 0.3 is 0 Å². The topological polar surface area (TPSA) is 165 Å². The molecule has 4 rings (SSSR count). The second-order valence-corrected chi connectivity index (χ2v) is 9.35. The molecule has 178 valence electrons. The van der Waals surface area contributed by atoms with Crippen LogP contribution in [0.15, 0.2) is 87.9 Å². The van der Waals surface area contributed by atoms with Gasteiger partial charge in [-0.25, -0.2) is 13.6 Å². The molecular weight excluding hydrogens is 492 g/mol. The summed E-state index contributed by atoms with van der Waals surface area (Å²) in [6.45, 7) is 0.301. The van der Waals surface area contributed by atoms with Crippen LogP contribution in [-0.2, 0) is 16.6 Å². The fourth-order valence-corrected chi connectivity index (χ4v) is 4.10. The molecule has 0 aliphatic heterocycles. The van der Waals surface area contributed by atoms with Gasteiger partial charge in [0.2, 0.25) is 21.0 Å². The Morgan fingerprint density at radius 1 is 1.11 bits per heavy atom. The maximum atomic E-state index is 11.4. The Hall–Kier alpha value is -4.20. The van der Waals surface area contributed by atoms with Gasteiger partial charge in [-0.3, -0.25) is 10.1 Å². The highest BCUT2D eigenvalue weighted by Crippen LogP contribution is 2.41. The molecule has 35 heavy (non-hydrogen) atoms. The summed E-state index contributed by atoms with van der Waals surface area (Å²) in [6, 6.07) is 19.1. The number of non-ortho nitro benzene ring substituents is 1. The number of aromatic nitrogens is 1. The number of nitro benzene ring substituents is 1. The van der Waals surface area contributed by atoms with Crippen LogP contribution < -0.4 is 10.5 Å². The van der Waals surface area contributed by atoms with E-state index < -0.39 is 14.9 Å². The van der Waals surface area contributed by atoms with Crippen molar-refractivity contribution >= 4 is 55.3 Å². The maximum Gasteiger partial charge on any atom is 0.270 e. The number of aromatic hydroxyl groups is 1. The molecule has 1 heterocycles. The van der Waals surface area contributed by atoms with Crippen molar-refractivity contribution in [1.82, 2.24) is 4.57 Å². The predicted molar refractivity (Wildman–Crippen MR) is 134 cm³/mol. The van der Waals surface area contributed by atoms with Gasteiger partial charge in [-0.15, -0.1) is 10.2 Å². The second-order valence-electron chi connectivity index (χ2n) is 7.40. The van der Waals surface area contributed by atoms with E-state index in [1.807, 2.05) is 30.3 Å². The third-order valence-electron chi connectivity index (χ3n) is 5.06. The van der Waals surface area contributed by atoms with Gasteiger partial charge in [-0.05, 0) is 48.1 Å². The lowest BCUT2D eigenvalue weighted by Gasteiger charge is -2.07. The van der Waals surface area contributed by atoms with E-state index in [0.29, 0.717) is 23.1 Å². The van der Waals surface area contributed by atoms with Gasteiger partial charge in [0.05, 0.1) is 21.9 Å². The molecule has 0 saturated heterocycles. The van der Waals surface area contributed by atoms with Gasteiger partial charge in [0.25, 0.3) is 5.69 Å². The minimum atomic E-state index is -3.83. The van der Waals surface area contributed by atoms with Crippen molar-refractivity contribution in [2.75, 3.05) is 5.32 Å². The average molecular weight is 511 g/mol. The number of azo groups is 1. The number of benzene rings is 3. The summed E-state index contributed by atoms with van der Waals surface area (Å²) < 4.78 is 24.3. The first-order valence-electron chi connectivity index (χ1n) is 10.0. The SMILES string of the molecule is NS(=O)(=O)c1ccc(NC(=S)N=Nc2c(O)n(Cc3ccccc3)c3ccc([N+](=O)[O-])cc23)cc1. The zero-order valence-electron chi connectivity index (χ0n) is 17.9. The number of fused-ring (bicyclic) bond motifs is 1. The van der Waals surface area contributed by atoms with Crippen molar-refractivity contribution in [3.05, 3.63) is 88.5 Å². The van der Waals surface area contributed by atoms with Crippen molar-refractivity contribution < 1.29 is 18.4 Å². The van der Waals surface area contributed by atoms with Gasteiger partial charge in [0.15, 0.2) is 5.69 Å². The highest BCUT2D eigenvalue weighted by atomic mass is 32.2. The largest absolute Gasteiger partial charge is 0.493 e. The number of rotatable bonds is 6. The summed E-state index contributed by atoms with van der Waals surface area (Å²) in [6.07, 6.45) is 0. The molecule has 3 aromatic carbocycles. The van der Waals surface area contributed by atoms with Crippen LogP contribution in [0.3, 0.4) is 0 Å². The zero-order valence-corrected chi connectivity index (χ0v) is 19.5. The maximum absolute atomic E-state index is 11.4. The Morgan fingerprint density at radius 2 is 1.80 bits per heavy atom. The zero-order chi connectivity index (χ0) is 25.2. The highest BCUT2D eigenvalue weighted by molar-refractivity contribution is 7.89. The van der Waals surface area contributed by atoms with Crippen molar-refractivity contribution in [3.8, 4) is 5.88 Å². The van der Waals surface area contributed by atoms with Gasteiger partial charge in [0.1, 0.15) is 0 Å². The summed E-state index contributed by atoms with van der Waals surface area (Å²) in [5, 5.41) is 38.3. The molecule has 13 heteroatoms. The van der Waals surface area contributed by atoms with E-state index >= 15 is 0 Å². The van der Waals surface area contributed by atoms with Crippen LogP contribution in [0.1, 0.15) is 5.56 Å². The lowest BCUT2D eigenvalue weighted by atomic mass is 10.2. The first-order valence-corrected chi connectivity index (χ1v) is 12.0. The van der Waals surface area contributed by atoms with E-state index in [9.17, 15) is 23.6 Å². The minimum Gasteiger partial charge on any atom is -0.493 e. The Kier molecular flexibility index (Phi) is 6.55. The van der Waals surface area contributed by atoms with Crippen molar-refractivity contribution in [3.63, 3.8) is 0 Å². The fraction of sp³-hybridized carbons (Fsp3) is 0.0455. The van der Waals surface area contributed by atoms with Crippen LogP contribution in [0.25, 0.3) is 10.9 Å². The van der Waals surface area contributed by atoms with Crippen molar-refractivity contribution in [2.24, 2.45) is 15.4 Å². The summed E-state index contributed by atoms with van der Waals surface area (Å²) in [7, 11) is -3.83. The third kappa shape index (κ3) is 5.32. The van der Waals surface area contributed by atoms with Crippen LogP contribution in [-0.4, -0.2) is 28.1 Å². The summed E-state index contributed by atoms with van der Waals surface area (Å²) in [4.78, 5) is 10.7. The van der Waals surface area contributed by atoms with E-state index in [0.717, 1.165) is 5.56 Å². The number of nitrogens with zero attached hydrogens (tertiary/aromatic N) is 4. The third-order valence-corrected chi connectivity index (χ3v) is 6.18. The number of nitro groups is 1. The normalized spacial score (nSPS) is 11.7.